The first-order valence-electron chi connectivity index (χ1n) is 8.24. The van der Waals surface area contributed by atoms with E-state index in [2.05, 4.69) is 4.74 Å². The minimum absolute atomic E-state index is 0.117. The SMILES string of the molecule is CCCCOc1ccc(CCc2ccc(OC(F)(F)F)cc2)c(F)c1F. The third kappa shape index (κ3) is 5.89. The van der Waals surface area contributed by atoms with Gasteiger partial charge in [0.25, 0.3) is 0 Å². The normalized spacial score (nSPS) is 11.5. The van der Waals surface area contributed by atoms with Crippen molar-refractivity contribution in [1.82, 2.24) is 0 Å². The average molecular weight is 374 g/mol. The molecule has 0 aromatic heterocycles. The highest BCUT2D eigenvalue weighted by molar-refractivity contribution is 5.33. The van der Waals surface area contributed by atoms with E-state index < -0.39 is 18.0 Å². The highest BCUT2D eigenvalue weighted by Crippen LogP contribution is 2.25. The van der Waals surface area contributed by atoms with Crippen LogP contribution in [0.1, 0.15) is 30.9 Å². The first-order chi connectivity index (χ1) is 12.3. The van der Waals surface area contributed by atoms with Gasteiger partial charge in [0.05, 0.1) is 6.61 Å². The summed E-state index contributed by atoms with van der Waals surface area (Å²) in [6.45, 7) is 2.28. The Kier molecular flexibility index (Phi) is 6.83. The van der Waals surface area contributed by atoms with Gasteiger partial charge < -0.3 is 9.47 Å². The zero-order valence-electron chi connectivity index (χ0n) is 14.2. The van der Waals surface area contributed by atoms with Crippen molar-refractivity contribution in [3.05, 3.63) is 59.2 Å². The van der Waals surface area contributed by atoms with E-state index in [4.69, 9.17) is 4.74 Å². The van der Waals surface area contributed by atoms with Crippen LogP contribution < -0.4 is 9.47 Å². The number of halogens is 5. The predicted molar refractivity (Wildman–Crippen MR) is 87.3 cm³/mol. The molecule has 26 heavy (non-hydrogen) atoms. The summed E-state index contributed by atoms with van der Waals surface area (Å²) >= 11 is 0. The maximum Gasteiger partial charge on any atom is 0.573 e. The second kappa shape index (κ2) is 8.87. The summed E-state index contributed by atoms with van der Waals surface area (Å²) in [7, 11) is 0. The van der Waals surface area contributed by atoms with E-state index in [1.807, 2.05) is 6.92 Å². The van der Waals surface area contributed by atoms with Crippen molar-refractivity contribution in [3.63, 3.8) is 0 Å². The zero-order valence-corrected chi connectivity index (χ0v) is 14.2. The molecule has 2 rings (SSSR count). The molecule has 0 aliphatic rings. The van der Waals surface area contributed by atoms with Crippen LogP contribution in [0.5, 0.6) is 11.5 Å². The van der Waals surface area contributed by atoms with Crippen LogP contribution in [0.25, 0.3) is 0 Å². The van der Waals surface area contributed by atoms with Crippen molar-refractivity contribution in [2.24, 2.45) is 0 Å². The fourth-order valence-electron chi connectivity index (χ4n) is 2.34. The molecule has 0 heterocycles. The summed E-state index contributed by atoms with van der Waals surface area (Å²) in [5.74, 6) is -2.43. The number of alkyl halides is 3. The van der Waals surface area contributed by atoms with Crippen molar-refractivity contribution >= 4 is 0 Å². The molecule has 0 aliphatic heterocycles. The highest BCUT2D eigenvalue weighted by atomic mass is 19.4. The molecule has 2 aromatic rings. The largest absolute Gasteiger partial charge is 0.573 e. The molecular weight excluding hydrogens is 355 g/mol. The summed E-state index contributed by atoms with van der Waals surface area (Å²) in [4.78, 5) is 0. The first kappa shape index (κ1) is 20.0. The molecule has 0 aliphatic carbocycles. The Morgan fingerprint density at radius 1 is 0.885 bits per heavy atom. The number of benzene rings is 2. The smallest absolute Gasteiger partial charge is 0.490 e. The van der Waals surface area contributed by atoms with Crippen molar-refractivity contribution in [1.29, 1.82) is 0 Å². The Morgan fingerprint density at radius 3 is 2.19 bits per heavy atom. The number of unbranched alkanes of at least 4 members (excludes halogenated alkanes) is 1. The van der Waals surface area contributed by atoms with Gasteiger partial charge in [-0.15, -0.1) is 13.2 Å². The summed E-state index contributed by atoms with van der Waals surface area (Å²) in [5, 5.41) is 0. The Bertz CT molecular complexity index is 711. The molecule has 2 nitrogen and oxygen atoms in total. The zero-order chi connectivity index (χ0) is 19.2. The molecule has 0 amide bonds. The van der Waals surface area contributed by atoms with Crippen molar-refractivity contribution in [2.45, 2.75) is 39.0 Å². The van der Waals surface area contributed by atoms with Crippen LogP contribution in [0.15, 0.2) is 36.4 Å². The van der Waals surface area contributed by atoms with Crippen LogP contribution >= 0.6 is 0 Å². The maximum atomic E-state index is 14.1. The topological polar surface area (TPSA) is 18.5 Å². The molecule has 0 unspecified atom stereocenters. The third-order valence-corrected chi connectivity index (χ3v) is 3.72. The molecule has 0 fully saturated rings. The minimum Gasteiger partial charge on any atom is -0.490 e. The maximum absolute atomic E-state index is 14.1. The Balaban J connectivity index is 1.97. The van der Waals surface area contributed by atoms with E-state index in [-0.39, 0.29) is 23.5 Å². The second-order valence-electron chi connectivity index (χ2n) is 5.74. The number of rotatable bonds is 8. The van der Waals surface area contributed by atoms with Gasteiger partial charge in [-0.05, 0) is 48.6 Å². The number of ether oxygens (including phenoxy) is 2. The lowest BCUT2D eigenvalue weighted by Crippen LogP contribution is -2.17. The number of hydrogen-bond acceptors (Lipinski definition) is 2. The van der Waals surface area contributed by atoms with Gasteiger partial charge in [-0.1, -0.05) is 31.5 Å². The van der Waals surface area contributed by atoms with Crippen LogP contribution in [0.3, 0.4) is 0 Å². The van der Waals surface area contributed by atoms with Crippen LogP contribution in [-0.2, 0) is 12.8 Å². The van der Waals surface area contributed by atoms with E-state index in [1.165, 1.54) is 36.4 Å². The standard InChI is InChI=1S/C19H19F5O2/c1-2-3-12-25-16-11-8-14(17(20)18(16)21)7-4-13-5-9-15(10-6-13)26-19(22,23)24/h5-6,8-11H,2-4,7,12H2,1H3. The first-order valence-corrected chi connectivity index (χ1v) is 8.24. The number of aryl methyl sites for hydroxylation is 2. The van der Waals surface area contributed by atoms with Gasteiger partial charge in [0.2, 0.25) is 5.82 Å². The van der Waals surface area contributed by atoms with Gasteiger partial charge in [0.15, 0.2) is 11.6 Å². The minimum atomic E-state index is -4.75. The van der Waals surface area contributed by atoms with Crippen molar-refractivity contribution in [3.8, 4) is 11.5 Å². The van der Waals surface area contributed by atoms with E-state index in [9.17, 15) is 22.0 Å². The molecule has 0 spiro atoms. The molecule has 142 valence electrons. The molecule has 0 atom stereocenters. The summed E-state index contributed by atoms with van der Waals surface area (Å²) < 4.78 is 73.5. The monoisotopic (exact) mass is 374 g/mol. The van der Waals surface area contributed by atoms with E-state index >= 15 is 0 Å². The summed E-state index contributed by atoms with van der Waals surface area (Å²) in [6, 6.07) is 8.13. The fourth-order valence-corrected chi connectivity index (χ4v) is 2.34. The molecule has 0 radical (unpaired) electrons. The molecule has 0 saturated carbocycles. The highest BCUT2D eigenvalue weighted by Gasteiger charge is 2.30. The second-order valence-corrected chi connectivity index (χ2v) is 5.74. The van der Waals surface area contributed by atoms with E-state index in [0.717, 1.165) is 12.8 Å². The number of hydrogen-bond donors (Lipinski definition) is 0. The lowest BCUT2D eigenvalue weighted by atomic mass is 10.0. The molecule has 0 saturated heterocycles. The Morgan fingerprint density at radius 2 is 1.58 bits per heavy atom. The quantitative estimate of drug-likeness (QED) is 0.428. The van der Waals surface area contributed by atoms with E-state index in [1.54, 1.807) is 0 Å². The summed E-state index contributed by atoms with van der Waals surface area (Å²) in [6.07, 6.45) is -2.56. The van der Waals surface area contributed by atoms with Gasteiger partial charge in [-0.3, -0.25) is 0 Å². The molecular formula is C19H19F5O2. The van der Waals surface area contributed by atoms with Crippen LogP contribution in [-0.4, -0.2) is 13.0 Å². The van der Waals surface area contributed by atoms with Crippen molar-refractivity contribution < 1.29 is 31.4 Å². The van der Waals surface area contributed by atoms with Gasteiger partial charge >= 0.3 is 6.36 Å². The predicted octanol–water partition coefficient (Wildman–Crippen LogP) is 5.83. The summed E-state index contributed by atoms with van der Waals surface area (Å²) in [5.41, 5.74) is 0.864. The van der Waals surface area contributed by atoms with Crippen molar-refractivity contribution in [2.75, 3.05) is 6.61 Å². The van der Waals surface area contributed by atoms with E-state index in [0.29, 0.717) is 18.6 Å². The van der Waals surface area contributed by atoms with Crippen LogP contribution in [0.4, 0.5) is 22.0 Å². The molecule has 0 N–H and O–H groups in total. The molecule has 2 aromatic carbocycles. The third-order valence-electron chi connectivity index (χ3n) is 3.72. The van der Waals surface area contributed by atoms with Gasteiger partial charge in [-0.25, -0.2) is 4.39 Å². The van der Waals surface area contributed by atoms with Gasteiger partial charge in [0, 0.05) is 0 Å². The average Bonchev–Trinajstić information content (AvgIpc) is 2.58. The van der Waals surface area contributed by atoms with Crippen LogP contribution in [0.2, 0.25) is 0 Å². The van der Waals surface area contributed by atoms with Gasteiger partial charge in [-0.2, -0.15) is 4.39 Å². The van der Waals surface area contributed by atoms with Gasteiger partial charge in [0.1, 0.15) is 5.75 Å². The Labute approximate surface area is 148 Å². The van der Waals surface area contributed by atoms with Crippen LogP contribution in [0, 0.1) is 11.6 Å². The lowest BCUT2D eigenvalue weighted by Gasteiger charge is -2.11. The lowest BCUT2D eigenvalue weighted by molar-refractivity contribution is -0.274. The Hall–Kier alpha value is -2.31. The fraction of sp³-hybridized carbons (Fsp3) is 0.368. The molecule has 0 bridgehead atoms. The molecule has 7 heteroatoms.